The molecule has 1 aromatic rings. The van der Waals surface area contributed by atoms with Crippen LogP contribution in [-0.2, 0) is 0 Å². The number of unbranched alkanes of at least 4 members (excludes halogenated alkanes) is 3. The maximum Gasteiger partial charge on any atom is 0.354 e. The number of hydrogen-bond donors (Lipinski definition) is 1. The van der Waals surface area contributed by atoms with Crippen LogP contribution in [0, 0.1) is 0 Å². The number of carboxylic acid groups (broad SMARTS) is 1. The van der Waals surface area contributed by atoms with Crippen molar-refractivity contribution in [2.45, 2.75) is 52.1 Å². The van der Waals surface area contributed by atoms with Crippen LogP contribution in [0.3, 0.4) is 0 Å². The van der Waals surface area contributed by atoms with Gasteiger partial charge < -0.3 is 9.84 Å². The molecule has 0 aromatic carbocycles. The average molecular weight is 251 g/mol. The largest absolute Gasteiger partial charge is 0.477 e. The minimum absolute atomic E-state index is 0.0192. The Morgan fingerprint density at radius 3 is 2.83 bits per heavy atom. The first-order valence-electron chi connectivity index (χ1n) is 6.50. The smallest absolute Gasteiger partial charge is 0.354 e. The lowest BCUT2D eigenvalue weighted by molar-refractivity contribution is 0.0688. The molecule has 4 heteroatoms. The highest BCUT2D eigenvalue weighted by Crippen LogP contribution is 2.13. The number of ether oxygens (including phenoxy) is 1. The van der Waals surface area contributed by atoms with Crippen molar-refractivity contribution < 1.29 is 14.6 Å². The van der Waals surface area contributed by atoms with Crippen molar-refractivity contribution in [1.29, 1.82) is 0 Å². The van der Waals surface area contributed by atoms with Gasteiger partial charge in [0.1, 0.15) is 0 Å². The van der Waals surface area contributed by atoms with Gasteiger partial charge in [-0.25, -0.2) is 9.78 Å². The molecule has 1 aromatic heterocycles. The fourth-order valence-corrected chi connectivity index (χ4v) is 1.72. The number of nitrogens with zero attached hydrogens (tertiary/aromatic N) is 1. The number of aromatic carboxylic acids is 1. The van der Waals surface area contributed by atoms with Gasteiger partial charge in [-0.2, -0.15) is 0 Å². The van der Waals surface area contributed by atoms with Gasteiger partial charge >= 0.3 is 5.97 Å². The molecule has 1 unspecified atom stereocenters. The van der Waals surface area contributed by atoms with E-state index in [0.29, 0.717) is 5.88 Å². The molecule has 0 amide bonds. The highest BCUT2D eigenvalue weighted by atomic mass is 16.5. The van der Waals surface area contributed by atoms with Crippen molar-refractivity contribution in [2.24, 2.45) is 0 Å². The first-order valence-corrected chi connectivity index (χ1v) is 6.50. The van der Waals surface area contributed by atoms with Crippen molar-refractivity contribution in [2.75, 3.05) is 0 Å². The maximum atomic E-state index is 10.8. The van der Waals surface area contributed by atoms with E-state index in [1.165, 1.54) is 25.3 Å². The molecule has 0 aliphatic rings. The van der Waals surface area contributed by atoms with Crippen molar-refractivity contribution in [1.82, 2.24) is 4.98 Å². The highest BCUT2D eigenvalue weighted by Gasteiger charge is 2.08. The molecular formula is C14H21NO3. The Hall–Kier alpha value is -1.58. The number of carbonyl (C=O) groups is 1. The van der Waals surface area contributed by atoms with E-state index in [0.717, 1.165) is 12.8 Å². The molecular weight excluding hydrogens is 230 g/mol. The van der Waals surface area contributed by atoms with Gasteiger partial charge in [0.2, 0.25) is 5.88 Å². The lowest BCUT2D eigenvalue weighted by Crippen LogP contribution is -2.13. The molecule has 0 aliphatic carbocycles. The monoisotopic (exact) mass is 251 g/mol. The minimum atomic E-state index is -1.03. The minimum Gasteiger partial charge on any atom is -0.477 e. The van der Waals surface area contributed by atoms with E-state index < -0.39 is 5.97 Å². The van der Waals surface area contributed by atoms with Gasteiger partial charge in [0, 0.05) is 6.07 Å². The Kier molecular flexibility index (Phi) is 6.19. The van der Waals surface area contributed by atoms with Crippen LogP contribution in [0.4, 0.5) is 0 Å². The second kappa shape index (κ2) is 7.69. The third-order valence-electron chi connectivity index (χ3n) is 2.73. The highest BCUT2D eigenvalue weighted by molar-refractivity contribution is 5.85. The van der Waals surface area contributed by atoms with Gasteiger partial charge in [0.25, 0.3) is 0 Å². The van der Waals surface area contributed by atoms with Gasteiger partial charge in [-0.05, 0) is 25.8 Å². The molecule has 0 bridgehead atoms. The molecule has 4 nitrogen and oxygen atoms in total. The third kappa shape index (κ3) is 5.17. The summed E-state index contributed by atoms with van der Waals surface area (Å²) in [5.41, 5.74) is 0.0192. The predicted molar refractivity (Wildman–Crippen MR) is 70.0 cm³/mol. The molecule has 0 fully saturated rings. The summed E-state index contributed by atoms with van der Waals surface area (Å²) in [4.78, 5) is 14.7. The van der Waals surface area contributed by atoms with Gasteiger partial charge in [-0.3, -0.25) is 0 Å². The normalized spacial score (nSPS) is 12.1. The van der Waals surface area contributed by atoms with Crippen LogP contribution in [-0.4, -0.2) is 22.2 Å². The van der Waals surface area contributed by atoms with Crippen LogP contribution in [0.1, 0.15) is 56.4 Å². The topological polar surface area (TPSA) is 59.4 Å². The summed E-state index contributed by atoms with van der Waals surface area (Å²) < 4.78 is 5.61. The van der Waals surface area contributed by atoms with Crippen molar-refractivity contribution in [3.63, 3.8) is 0 Å². The van der Waals surface area contributed by atoms with Crippen molar-refractivity contribution in [3.8, 4) is 5.88 Å². The molecule has 0 saturated heterocycles. The molecule has 18 heavy (non-hydrogen) atoms. The Morgan fingerprint density at radius 1 is 1.39 bits per heavy atom. The van der Waals surface area contributed by atoms with Crippen LogP contribution in [0.5, 0.6) is 5.88 Å². The van der Waals surface area contributed by atoms with E-state index in [4.69, 9.17) is 9.84 Å². The summed E-state index contributed by atoms with van der Waals surface area (Å²) in [5, 5.41) is 8.83. The van der Waals surface area contributed by atoms with Gasteiger partial charge in [-0.15, -0.1) is 0 Å². The second-order valence-corrected chi connectivity index (χ2v) is 4.44. The van der Waals surface area contributed by atoms with E-state index in [9.17, 15) is 4.79 Å². The van der Waals surface area contributed by atoms with E-state index in [1.54, 1.807) is 12.1 Å². The van der Waals surface area contributed by atoms with Gasteiger partial charge in [0.15, 0.2) is 5.69 Å². The maximum absolute atomic E-state index is 10.8. The quantitative estimate of drug-likeness (QED) is 0.718. The van der Waals surface area contributed by atoms with E-state index in [1.807, 2.05) is 6.92 Å². The molecule has 1 rings (SSSR count). The van der Waals surface area contributed by atoms with Gasteiger partial charge in [-0.1, -0.05) is 32.3 Å². The second-order valence-electron chi connectivity index (χ2n) is 4.44. The fraction of sp³-hybridized carbons (Fsp3) is 0.571. The Balaban J connectivity index is 2.41. The summed E-state index contributed by atoms with van der Waals surface area (Å²) >= 11 is 0. The van der Waals surface area contributed by atoms with Crippen LogP contribution in [0.15, 0.2) is 18.2 Å². The predicted octanol–water partition coefficient (Wildman–Crippen LogP) is 3.52. The number of rotatable bonds is 8. The zero-order valence-electron chi connectivity index (χ0n) is 11.1. The SMILES string of the molecule is CCCCCCC(C)Oc1cccc(C(=O)O)n1. The standard InChI is InChI=1S/C14H21NO3/c1-3-4-5-6-8-11(2)18-13-10-7-9-12(15-13)14(16)17/h7,9-11H,3-6,8H2,1-2H3,(H,16,17). The summed E-state index contributed by atoms with van der Waals surface area (Å²) in [7, 11) is 0. The third-order valence-corrected chi connectivity index (χ3v) is 2.73. The first-order chi connectivity index (χ1) is 8.63. The molecule has 1 atom stereocenters. The number of pyridine rings is 1. The average Bonchev–Trinajstić information content (AvgIpc) is 2.35. The van der Waals surface area contributed by atoms with Crippen LogP contribution < -0.4 is 4.74 Å². The first kappa shape index (κ1) is 14.5. The van der Waals surface area contributed by atoms with Crippen LogP contribution in [0.2, 0.25) is 0 Å². The van der Waals surface area contributed by atoms with Crippen molar-refractivity contribution in [3.05, 3.63) is 23.9 Å². The summed E-state index contributed by atoms with van der Waals surface area (Å²) in [6.07, 6.45) is 5.86. The molecule has 0 spiro atoms. The summed E-state index contributed by atoms with van der Waals surface area (Å²) in [6.45, 7) is 4.17. The Labute approximate surface area is 108 Å². The number of aromatic nitrogens is 1. The molecule has 1 N–H and O–H groups in total. The molecule has 0 radical (unpaired) electrons. The zero-order chi connectivity index (χ0) is 13.4. The lowest BCUT2D eigenvalue weighted by atomic mass is 10.1. The van der Waals surface area contributed by atoms with Crippen molar-refractivity contribution >= 4 is 5.97 Å². The summed E-state index contributed by atoms with van der Waals surface area (Å²) in [6, 6.07) is 4.80. The molecule has 100 valence electrons. The Morgan fingerprint density at radius 2 is 2.17 bits per heavy atom. The Bertz CT molecular complexity index is 379. The molecule has 1 heterocycles. The number of carboxylic acids is 1. The molecule has 0 aliphatic heterocycles. The van der Waals surface area contributed by atoms with Crippen LogP contribution >= 0.6 is 0 Å². The lowest BCUT2D eigenvalue weighted by Gasteiger charge is -2.13. The fourth-order valence-electron chi connectivity index (χ4n) is 1.72. The zero-order valence-corrected chi connectivity index (χ0v) is 11.1. The van der Waals surface area contributed by atoms with E-state index in [2.05, 4.69) is 11.9 Å². The van der Waals surface area contributed by atoms with E-state index in [-0.39, 0.29) is 11.8 Å². The summed E-state index contributed by atoms with van der Waals surface area (Å²) in [5.74, 6) is -0.644. The van der Waals surface area contributed by atoms with E-state index >= 15 is 0 Å². The molecule has 0 saturated carbocycles. The number of hydrogen-bond acceptors (Lipinski definition) is 3. The van der Waals surface area contributed by atoms with Gasteiger partial charge in [0.05, 0.1) is 6.10 Å². The van der Waals surface area contributed by atoms with Crippen LogP contribution in [0.25, 0.3) is 0 Å².